The molecular weight excluding hydrogens is 278 g/mol. The van der Waals surface area contributed by atoms with Crippen LogP contribution < -0.4 is 0 Å². The summed E-state index contributed by atoms with van der Waals surface area (Å²) < 4.78 is 51.6. The van der Waals surface area contributed by atoms with Gasteiger partial charge in [0.1, 0.15) is 5.82 Å². The highest BCUT2D eigenvalue weighted by atomic mass is 19.4. The summed E-state index contributed by atoms with van der Waals surface area (Å²) >= 11 is 0. The monoisotopic (exact) mass is 291 g/mol. The van der Waals surface area contributed by atoms with Crippen LogP contribution in [0, 0.1) is 11.7 Å². The summed E-state index contributed by atoms with van der Waals surface area (Å²) in [5.74, 6) is -2.42. The fraction of sp³-hybridized carbons (Fsp3) is 0.462. The van der Waals surface area contributed by atoms with Crippen molar-refractivity contribution in [3.63, 3.8) is 0 Å². The number of rotatable bonds is 2. The molecule has 1 unspecified atom stereocenters. The Hall–Kier alpha value is -1.63. The highest BCUT2D eigenvalue weighted by Crippen LogP contribution is 2.33. The predicted octanol–water partition coefficient (Wildman–Crippen LogP) is 2.30. The Balaban J connectivity index is 2.28. The number of likely N-dealkylation sites (tertiary alicyclic amines) is 1. The fourth-order valence-electron chi connectivity index (χ4n) is 2.25. The van der Waals surface area contributed by atoms with E-state index < -0.39 is 29.0 Å². The number of amides is 1. The van der Waals surface area contributed by atoms with Gasteiger partial charge in [-0.15, -0.1) is 0 Å². The van der Waals surface area contributed by atoms with E-state index in [0.717, 1.165) is 12.1 Å². The van der Waals surface area contributed by atoms with Crippen LogP contribution in [0.25, 0.3) is 0 Å². The standard InChI is InChI=1S/C13H13F4NO2/c14-11-9(2-1-3-10(11)13(15,16)17)12(20)18-5-4-8(6-18)7-19/h1-3,8,19H,4-7H2. The second-order valence-corrected chi connectivity index (χ2v) is 4.75. The van der Waals surface area contributed by atoms with Gasteiger partial charge in [0, 0.05) is 25.6 Å². The van der Waals surface area contributed by atoms with E-state index in [4.69, 9.17) is 5.11 Å². The summed E-state index contributed by atoms with van der Waals surface area (Å²) in [4.78, 5) is 13.3. The molecule has 1 heterocycles. The maximum Gasteiger partial charge on any atom is 0.419 e. The van der Waals surface area contributed by atoms with Crippen molar-refractivity contribution in [1.29, 1.82) is 0 Å². The van der Waals surface area contributed by atoms with Crippen molar-refractivity contribution in [2.45, 2.75) is 12.6 Å². The van der Waals surface area contributed by atoms with Crippen LogP contribution >= 0.6 is 0 Å². The zero-order valence-corrected chi connectivity index (χ0v) is 10.5. The van der Waals surface area contributed by atoms with Crippen LogP contribution in [-0.4, -0.2) is 35.6 Å². The molecule has 1 fully saturated rings. The topological polar surface area (TPSA) is 40.5 Å². The van der Waals surface area contributed by atoms with Gasteiger partial charge in [-0.2, -0.15) is 13.2 Å². The lowest BCUT2D eigenvalue weighted by molar-refractivity contribution is -0.140. The Morgan fingerprint density at radius 3 is 2.65 bits per heavy atom. The third-order valence-corrected chi connectivity index (χ3v) is 3.37. The van der Waals surface area contributed by atoms with Gasteiger partial charge in [-0.25, -0.2) is 4.39 Å². The number of aliphatic hydroxyl groups excluding tert-OH is 1. The van der Waals surface area contributed by atoms with Crippen molar-refractivity contribution in [2.24, 2.45) is 5.92 Å². The number of aliphatic hydroxyl groups is 1. The first kappa shape index (κ1) is 14.8. The van der Waals surface area contributed by atoms with Crippen molar-refractivity contribution < 1.29 is 27.5 Å². The molecule has 0 bridgehead atoms. The van der Waals surface area contributed by atoms with Gasteiger partial charge < -0.3 is 10.0 Å². The molecule has 0 saturated carbocycles. The molecule has 0 spiro atoms. The number of alkyl halides is 3. The molecule has 1 atom stereocenters. The molecule has 20 heavy (non-hydrogen) atoms. The smallest absolute Gasteiger partial charge is 0.396 e. The Labute approximate surface area is 112 Å². The molecular formula is C13H13F4NO2. The van der Waals surface area contributed by atoms with E-state index in [1.807, 2.05) is 0 Å². The average molecular weight is 291 g/mol. The molecule has 110 valence electrons. The van der Waals surface area contributed by atoms with Crippen molar-refractivity contribution in [3.05, 3.63) is 35.1 Å². The number of carbonyl (C=O) groups excluding carboxylic acids is 1. The van der Waals surface area contributed by atoms with Gasteiger partial charge in [0.25, 0.3) is 5.91 Å². The third kappa shape index (κ3) is 2.77. The second-order valence-electron chi connectivity index (χ2n) is 4.75. The number of hydrogen-bond donors (Lipinski definition) is 1. The van der Waals surface area contributed by atoms with Crippen molar-refractivity contribution >= 4 is 5.91 Å². The summed E-state index contributed by atoms with van der Waals surface area (Å²) in [6.07, 6.45) is -4.28. The molecule has 3 nitrogen and oxygen atoms in total. The summed E-state index contributed by atoms with van der Waals surface area (Å²) in [6, 6.07) is 2.66. The minimum Gasteiger partial charge on any atom is -0.396 e. The van der Waals surface area contributed by atoms with Gasteiger partial charge in [-0.1, -0.05) is 6.07 Å². The second kappa shape index (κ2) is 5.40. The first-order valence-corrected chi connectivity index (χ1v) is 6.10. The highest BCUT2D eigenvalue weighted by Gasteiger charge is 2.37. The maximum atomic E-state index is 13.8. The van der Waals surface area contributed by atoms with Gasteiger partial charge in [-0.3, -0.25) is 4.79 Å². The lowest BCUT2D eigenvalue weighted by Crippen LogP contribution is -2.30. The number of hydrogen-bond acceptors (Lipinski definition) is 2. The number of nitrogens with zero attached hydrogens (tertiary/aromatic N) is 1. The maximum absolute atomic E-state index is 13.8. The molecule has 1 aromatic carbocycles. The highest BCUT2D eigenvalue weighted by molar-refractivity contribution is 5.95. The van der Waals surface area contributed by atoms with E-state index in [2.05, 4.69) is 0 Å². The minimum absolute atomic E-state index is 0.102. The van der Waals surface area contributed by atoms with Gasteiger partial charge >= 0.3 is 6.18 Å². The molecule has 1 N–H and O–H groups in total. The molecule has 0 radical (unpaired) electrons. The fourth-order valence-corrected chi connectivity index (χ4v) is 2.25. The predicted molar refractivity (Wildman–Crippen MR) is 62.5 cm³/mol. The number of carbonyl (C=O) groups is 1. The van der Waals surface area contributed by atoms with Crippen LogP contribution in [0.5, 0.6) is 0 Å². The summed E-state index contributed by atoms with van der Waals surface area (Å²) in [6.45, 7) is 0.430. The van der Waals surface area contributed by atoms with E-state index >= 15 is 0 Å². The summed E-state index contributed by atoms with van der Waals surface area (Å²) in [5.41, 5.74) is -2.03. The molecule has 0 aromatic heterocycles. The lowest BCUT2D eigenvalue weighted by atomic mass is 10.1. The van der Waals surface area contributed by atoms with Crippen LogP contribution in [0.4, 0.5) is 17.6 Å². The summed E-state index contributed by atoms with van der Waals surface area (Å²) in [5, 5.41) is 8.98. The third-order valence-electron chi connectivity index (χ3n) is 3.37. The van der Waals surface area contributed by atoms with Crippen LogP contribution in [-0.2, 0) is 6.18 Å². The van der Waals surface area contributed by atoms with Gasteiger partial charge in [0.05, 0.1) is 11.1 Å². The van der Waals surface area contributed by atoms with E-state index in [0.29, 0.717) is 19.0 Å². The number of halogens is 4. The zero-order valence-electron chi connectivity index (χ0n) is 10.5. The molecule has 1 aliphatic heterocycles. The van der Waals surface area contributed by atoms with Crippen LogP contribution in [0.3, 0.4) is 0 Å². The zero-order chi connectivity index (χ0) is 14.9. The molecule has 1 saturated heterocycles. The van der Waals surface area contributed by atoms with E-state index in [1.54, 1.807) is 0 Å². The summed E-state index contributed by atoms with van der Waals surface area (Å²) in [7, 11) is 0. The molecule has 7 heteroatoms. The Bertz CT molecular complexity index is 516. The first-order valence-electron chi connectivity index (χ1n) is 6.10. The van der Waals surface area contributed by atoms with Crippen LogP contribution in [0.2, 0.25) is 0 Å². The van der Waals surface area contributed by atoms with Gasteiger partial charge in [-0.05, 0) is 18.6 Å². The van der Waals surface area contributed by atoms with Crippen molar-refractivity contribution in [3.8, 4) is 0 Å². The molecule has 1 aliphatic rings. The molecule has 1 aromatic rings. The van der Waals surface area contributed by atoms with E-state index in [-0.39, 0.29) is 19.1 Å². The Morgan fingerprint density at radius 1 is 1.40 bits per heavy atom. The van der Waals surface area contributed by atoms with Crippen molar-refractivity contribution in [1.82, 2.24) is 4.90 Å². The lowest BCUT2D eigenvalue weighted by Gasteiger charge is -2.18. The quantitative estimate of drug-likeness (QED) is 0.849. The SMILES string of the molecule is O=C(c1cccc(C(F)(F)F)c1F)N1CCC(CO)C1. The average Bonchev–Trinajstić information content (AvgIpc) is 2.85. The van der Waals surface area contributed by atoms with Crippen molar-refractivity contribution in [2.75, 3.05) is 19.7 Å². The molecule has 1 amide bonds. The molecule has 0 aliphatic carbocycles. The van der Waals surface area contributed by atoms with E-state index in [9.17, 15) is 22.4 Å². The minimum atomic E-state index is -4.83. The normalized spacial score (nSPS) is 19.4. The van der Waals surface area contributed by atoms with Gasteiger partial charge in [0.15, 0.2) is 0 Å². The first-order chi connectivity index (χ1) is 9.34. The molecule has 2 rings (SSSR count). The van der Waals surface area contributed by atoms with Crippen LogP contribution in [0.15, 0.2) is 18.2 Å². The largest absolute Gasteiger partial charge is 0.419 e. The Morgan fingerprint density at radius 2 is 2.10 bits per heavy atom. The Kier molecular flexibility index (Phi) is 3.99. The van der Waals surface area contributed by atoms with Crippen LogP contribution in [0.1, 0.15) is 22.3 Å². The van der Waals surface area contributed by atoms with E-state index in [1.165, 1.54) is 4.90 Å². The van der Waals surface area contributed by atoms with Gasteiger partial charge in [0.2, 0.25) is 0 Å². The number of benzene rings is 1.